The molecule has 0 radical (unpaired) electrons. The molecule has 17 heavy (non-hydrogen) atoms. The van der Waals surface area contributed by atoms with Crippen LogP contribution in [0.2, 0.25) is 0 Å². The first-order valence-corrected chi connectivity index (χ1v) is 5.92. The summed E-state index contributed by atoms with van der Waals surface area (Å²) in [5.74, 6) is -0.117. The van der Waals surface area contributed by atoms with Gasteiger partial charge in [0.15, 0.2) is 6.10 Å². The molecule has 4 heteroatoms. The zero-order valence-electron chi connectivity index (χ0n) is 11.1. The number of Topliss-reactive ketones (excluding diaryl/α,β-unsaturated/α-hetero) is 1. The van der Waals surface area contributed by atoms with Gasteiger partial charge in [0.1, 0.15) is 0 Å². The van der Waals surface area contributed by atoms with Crippen molar-refractivity contribution < 1.29 is 14.7 Å². The van der Waals surface area contributed by atoms with E-state index in [1.165, 1.54) is 12.5 Å². The number of hydrogen-bond acceptors (Lipinski definition) is 2. The molecule has 4 nitrogen and oxygen atoms in total. The first-order valence-electron chi connectivity index (χ1n) is 5.92. The molecule has 0 saturated heterocycles. The molecule has 0 aliphatic carbocycles. The largest absolute Gasteiger partial charge is 0.381 e. The summed E-state index contributed by atoms with van der Waals surface area (Å²) in [5.41, 5.74) is 9.75. The Morgan fingerprint density at radius 3 is 2.41 bits per heavy atom. The Bertz CT molecular complexity index is 337. The van der Waals surface area contributed by atoms with Crippen LogP contribution in [0.25, 0.3) is 5.53 Å². The zero-order valence-corrected chi connectivity index (χ0v) is 11.1. The van der Waals surface area contributed by atoms with E-state index in [0.29, 0.717) is 6.42 Å². The average Bonchev–Trinajstić information content (AvgIpc) is 2.16. The third-order valence-corrected chi connectivity index (χ3v) is 2.62. The fourth-order valence-corrected chi connectivity index (χ4v) is 1.64. The maximum atomic E-state index is 11.0. The van der Waals surface area contributed by atoms with Crippen LogP contribution in [-0.4, -0.2) is 27.5 Å². The van der Waals surface area contributed by atoms with Gasteiger partial charge in [-0.1, -0.05) is 18.6 Å². The first-order chi connectivity index (χ1) is 7.88. The highest BCUT2D eigenvalue weighted by Gasteiger charge is 2.27. The Morgan fingerprint density at radius 1 is 1.41 bits per heavy atom. The number of aliphatic hydroxyl groups is 1. The maximum absolute atomic E-state index is 11.0. The molecular formula is C13H22N2O2. The van der Waals surface area contributed by atoms with E-state index in [1.807, 2.05) is 20.8 Å². The van der Waals surface area contributed by atoms with E-state index < -0.39 is 11.9 Å². The highest BCUT2D eigenvalue weighted by atomic mass is 16.3. The van der Waals surface area contributed by atoms with E-state index in [0.717, 1.165) is 12.8 Å². The van der Waals surface area contributed by atoms with Gasteiger partial charge >= 0.3 is 5.71 Å². The van der Waals surface area contributed by atoms with Crippen molar-refractivity contribution in [3.63, 3.8) is 0 Å². The van der Waals surface area contributed by atoms with E-state index in [1.54, 1.807) is 0 Å². The van der Waals surface area contributed by atoms with Crippen LogP contribution in [0.15, 0.2) is 11.6 Å². The molecule has 0 aliphatic rings. The molecular weight excluding hydrogens is 216 g/mol. The molecule has 0 rings (SSSR count). The van der Waals surface area contributed by atoms with Gasteiger partial charge in [0.25, 0.3) is 0 Å². The Balaban J connectivity index is 4.20. The van der Waals surface area contributed by atoms with Crippen molar-refractivity contribution >= 4 is 11.5 Å². The number of allylic oxidation sites excluding steroid dienone is 2. The molecule has 0 aromatic rings. The molecule has 0 aliphatic heterocycles. The van der Waals surface area contributed by atoms with Crippen LogP contribution in [0.3, 0.4) is 0 Å². The second-order valence-electron chi connectivity index (χ2n) is 4.76. The van der Waals surface area contributed by atoms with Gasteiger partial charge in [-0.05, 0) is 39.0 Å². The summed E-state index contributed by atoms with van der Waals surface area (Å²) in [4.78, 5) is 13.9. The highest BCUT2D eigenvalue weighted by molar-refractivity contribution is 6.38. The van der Waals surface area contributed by atoms with Crippen molar-refractivity contribution in [3.05, 3.63) is 17.2 Å². The molecule has 0 saturated carbocycles. The van der Waals surface area contributed by atoms with Crippen molar-refractivity contribution in [3.8, 4) is 0 Å². The van der Waals surface area contributed by atoms with Crippen molar-refractivity contribution in [2.24, 2.45) is 5.92 Å². The lowest BCUT2D eigenvalue weighted by Gasteiger charge is -2.12. The SMILES string of the molecule is CC(=O)C(=[N+]=[N-])C(O)C[C@H](C)CCC=C(C)C. The fourth-order valence-electron chi connectivity index (χ4n) is 1.64. The summed E-state index contributed by atoms with van der Waals surface area (Å²) in [6.07, 6.45) is 3.52. The zero-order chi connectivity index (χ0) is 13.4. The van der Waals surface area contributed by atoms with Crippen molar-refractivity contribution in [2.75, 3.05) is 0 Å². The van der Waals surface area contributed by atoms with Crippen LogP contribution in [0.4, 0.5) is 0 Å². The summed E-state index contributed by atoms with van der Waals surface area (Å²) in [6.45, 7) is 7.39. The normalized spacial score (nSPS) is 13.5. The Morgan fingerprint density at radius 2 is 2.00 bits per heavy atom. The molecule has 0 aromatic heterocycles. The van der Waals surface area contributed by atoms with Gasteiger partial charge < -0.3 is 10.6 Å². The smallest absolute Gasteiger partial charge is 0.362 e. The lowest BCUT2D eigenvalue weighted by molar-refractivity contribution is -0.117. The fraction of sp³-hybridized carbons (Fsp3) is 0.692. The molecule has 0 spiro atoms. The number of ketones is 1. The highest BCUT2D eigenvalue weighted by Crippen LogP contribution is 2.14. The van der Waals surface area contributed by atoms with Crippen LogP contribution in [0.5, 0.6) is 0 Å². The molecule has 2 atom stereocenters. The molecule has 0 amide bonds. The summed E-state index contributed by atoms with van der Waals surface area (Å²) in [7, 11) is 0. The van der Waals surface area contributed by atoms with Crippen molar-refractivity contribution in [2.45, 2.75) is 53.1 Å². The van der Waals surface area contributed by atoms with Gasteiger partial charge in [0.2, 0.25) is 5.78 Å². The standard InChI is InChI=1S/C13H22N2O2/c1-9(2)6-5-7-10(3)8-12(17)13(15-14)11(4)16/h6,10,12,17H,5,7-8H2,1-4H3/t10-,12?/m1/s1. The number of carbonyl (C=O) groups is 1. The van der Waals surface area contributed by atoms with E-state index in [4.69, 9.17) is 5.53 Å². The van der Waals surface area contributed by atoms with Crippen LogP contribution >= 0.6 is 0 Å². The van der Waals surface area contributed by atoms with Crippen LogP contribution in [-0.2, 0) is 4.79 Å². The van der Waals surface area contributed by atoms with E-state index in [9.17, 15) is 9.90 Å². The molecule has 1 unspecified atom stereocenters. The monoisotopic (exact) mass is 238 g/mol. The lowest BCUT2D eigenvalue weighted by atomic mass is 9.95. The quantitative estimate of drug-likeness (QED) is 0.320. The number of aliphatic hydroxyl groups excluding tert-OH is 1. The van der Waals surface area contributed by atoms with E-state index >= 15 is 0 Å². The number of rotatable bonds is 7. The molecule has 96 valence electrons. The van der Waals surface area contributed by atoms with E-state index in [2.05, 4.69) is 10.9 Å². The van der Waals surface area contributed by atoms with Gasteiger partial charge in [0, 0.05) is 6.92 Å². The minimum Gasteiger partial charge on any atom is -0.381 e. The number of carbonyl (C=O) groups excluding carboxylic acids is 1. The summed E-state index contributed by atoms with van der Waals surface area (Å²) < 4.78 is 0. The molecule has 0 fully saturated rings. The average molecular weight is 238 g/mol. The van der Waals surface area contributed by atoms with Gasteiger partial charge in [-0.3, -0.25) is 4.79 Å². The third-order valence-electron chi connectivity index (χ3n) is 2.62. The van der Waals surface area contributed by atoms with Crippen molar-refractivity contribution in [1.29, 1.82) is 0 Å². The van der Waals surface area contributed by atoms with Gasteiger partial charge in [0.05, 0.1) is 0 Å². The molecule has 0 aromatic carbocycles. The topological polar surface area (TPSA) is 73.7 Å². The van der Waals surface area contributed by atoms with Crippen LogP contribution in [0.1, 0.15) is 47.0 Å². The number of hydrogen-bond donors (Lipinski definition) is 1. The van der Waals surface area contributed by atoms with Gasteiger partial charge in [-0.25, -0.2) is 0 Å². The minimum atomic E-state index is -0.973. The summed E-state index contributed by atoms with van der Waals surface area (Å²) in [5, 5.41) is 9.73. The predicted octanol–water partition coefficient (Wildman–Crippen LogP) is 2.38. The third kappa shape index (κ3) is 6.82. The second kappa shape index (κ2) is 7.93. The van der Waals surface area contributed by atoms with Crippen LogP contribution < -0.4 is 0 Å². The van der Waals surface area contributed by atoms with Crippen LogP contribution in [0, 0.1) is 5.92 Å². The summed E-state index contributed by atoms with van der Waals surface area (Å²) in [6, 6.07) is 0. The Hall–Kier alpha value is -1.25. The molecule has 0 heterocycles. The van der Waals surface area contributed by atoms with Crippen molar-refractivity contribution in [1.82, 2.24) is 0 Å². The predicted molar refractivity (Wildman–Crippen MR) is 67.8 cm³/mol. The maximum Gasteiger partial charge on any atom is 0.362 e. The van der Waals surface area contributed by atoms with Gasteiger partial charge in [-0.15, -0.1) is 0 Å². The molecule has 1 N–H and O–H groups in total. The minimum absolute atomic E-state index is 0.154. The Labute approximate surface area is 103 Å². The summed E-state index contributed by atoms with van der Waals surface area (Å²) >= 11 is 0. The van der Waals surface area contributed by atoms with E-state index in [-0.39, 0.29) is 11.6 Å². The number of nitrogens with zero attached hydrogens (tertiary/aromatic N) is 2. The second-order valence-corrected chi connectivity index (χ2v) is 4.76. The lowest BCUT2D eigenvalue weighted by Crippen LogP contribution is -2.29. The Kier molecular flexibility index (Phi) is 7.35. The van der Waals surface area contributed by atoms with Gasteiger partial charge in [-0.2, -0.15) is 4.79 Å². The first kappa shape index (κ1) is 15.8. The molecule has 0 bridgehead atoms.